The number of rotatable bonds is 3. The molecule has 1 aromatic heterocycles. The SMILES string of the molecule is O=C(O)/C=C/c1ncc(C23CC4CC(CC(C4)C2)C3)o1. The molecule has 4 fully saturated rings. The van der Waals surface area contributed by atoms with Crippen LogP contribution in [0, 0.1) is 17.8 Å². The molecular formula is C16H19NO3. The number of carboxylic acids is 1. The van der Waals surface area contributed by atoms with Crippen molar-refractivity contribution in [2.24, 2.45) is 17.8 Å². The summed E-state index contributed by atoms with van der Waals surface area (Å²) in [6.07, 6.45) is 12.2. The molecule has 0 aromatic carbocycles. The molecule has 0 amide bonds. The first-order valence-electron chi connectivity index (χ1n) is 7.50. The number of hydrogen-bond donors (Lipinski definition) is 1. The Kier molecular flexibility index (Phi) is 2.56. The van der Waals surface area contributed by atoms with E-state index >= 15 is 0 Å². The normalized spacial score (nSPS) is 38.7. The predicted octanol–water partition coefficient (Wildman–Crippen LogP) is 3.24. The molecule has 4 nitrogen and oxygen atoms in total. The molecule has 4 saturated carbocycles. The highest BCUT2D eigenvalue weighted by atomic mass is 16.4. The molecular weight excluding hydrogens is 254 g/mol. The minimum atomic E-state index is -0.973. The van der Waals surface area contributed by atoms with Crippen LogP contribution in [0.1, 0.15) is 50.2 Å². The quantitative estimate of drug-likeness (QED) is 0.859. The van der Waals surface area contributed by atoms with Gasteiger partial charge in [0.05, 0.1) is 6.20 Å². The summed E-state index contributed by atoms with van der Waals surface area (Å²) < 4.78 is 5.86. The van der Waals surface area contributed by atoms with E-state index in [0.29, 0.717) is 5.89 Å². The maximum Gasteiger partial charge on any atom is 0.328 e. The fraction of sp³-hybridized carbons (Fsp3) is 0.625. The molecule has 1 aromatic rings. The van der Waals surface area contributed by atoms with Crippen LogP contribution in [0.15, 0.2) is 16.7 Å². The standard InChI is InChI=1S/C16H19NO3/c18-15(19)2-1-14-17-9-13(20-14)16-6-10-3-11(7-16)5-12(4-10)8-16/h1-2,9-12H,3-8H2,(H,18,19)/b2-1+. The Balaban J connectivity index is 1.62. The highest BCUT2D eigenvalue weighted by molar-refractivity contribution is 5.84. The molecule has 4 heteroatoms. The Labute approximate surface area is 117 Å². The van der Waals surface area contributed by atoms with Crippen LogP contribution in [0.5, 0.6) is 0 Å². The maximum atomic E-state index is 10.5. The van der Waals surface area contributed by atoms with Crippen LogP contribution in [-0.4, -0.2) is 16.1 Å². The molecule has 106 valence electrons. The molecule has 20 heavy (non-hydrogen) atoms. The molecule has 0 unspecified atom stereocenters. The predicted molar refractivity (Wildman–Crippen MR) is 73.0 cm³/mol. The fourth-order valence-corrected chi connectivity index (χ4v) is 5.16. The smallest absolute Gasteiger partial charge is 0.328 e. The average Bonchev–Trinajstić information content (AvgIpc) is 2.84. The van der Waals surface area contributed by atoms with Crippen LogP contribution in [-0.2, 0) is 10.2 Å². The average molecular weight is 273 g/mol. The third-order valence-corrected chi connectivity index (χ3v) is 5.45. The molecule has 4 bridgehead atoms. The molecule has 5 rings (SSSR count). The molecule has 0 atom stereocenters. The molecule has 0 saturated heterocycles. The summed E-state index contributed by atoms with van der Waals surface area (Å²) >= 11 is 0. The first-order chi connectivity index (χ1) is 9.63. The largest absolute Gasteiger partial charge is 0.478 e. The molecule has 0 aliphatic heterocycles. The van der Waals surface area contributed by atoms with Gasteiger partial charge in [-0.1, -0.05) is 0 Å². The first-order valence-corrected chi connectivity index (χ1v) is 7.50. The summed E-state index contributed by atoms with van der Waals surface area (Å²) in [5.74, 6) is 3.03. The van der Waals surface area contributed by atoms with E-state index in [0.717, 1.165) is 29.6 Å². The van der Waals surface area contributed by atoms with Crippen molar-refractivity contribution in [2.75, 3.05) is 0 Å². The van der Waals surface area contributed by atoms with Gasteiger partial charge in [-0.15, -0.1) is 0 Å². The zero-order valence-corrected chi connectivity index (χ0v) is 11.4. The van der Waals surface area contributed by atoms with Crippen molar-refractivity contribution >= 4 is 12.0 Å². The van der Waals surface area contributed by atoms with Gasteiger partial charge in [-0.25, -0.2) is 9.78 Å². The van der Waals surface area contributed by atoms with Crippen LogP contribution in [0.3, 0.4) is 0 Å². The highest BCUT2D eigenvalue weighted by Gasteiger charge is 2.53. The monoisotopic (exact) mass is 273 g/mol. The summed E-state index contributed by atoms with van der Waals surface area (Å²) in [5, 5.41) is 8.66. The Morgan fingerprint density at radius 2 is 1.85 bits per heavy atom. The van der Waals surface area contributed by atoms with Gasteiger partial charge in [0.25, 0.3) is 0 Å². The summed E-state index contributed by atoms with van der Waals surface area (Å²) in [5.41, 5.74) is 0.192. The molecule has 0 spiro atoms. The number of nitrogens with zero attached hydrogens (tertiary/aromatic N) is 1. The van der Waals surface area contributed by atoms with Crippen LogP contribution in [0.2, 0.25) is 0 Å². The van der Waals surface area contributed by atoms with Gasteiger partial charge in [-0.3, -0.25) is 0 Å². The van der Waals surface area contributed by atoms with Crippen LogP contribution in [0.4, 0.5) is 0 Å². The maximum absolute atomic E-state index is 10.5. The lowest BCUT2D eigenvalue weighted by molar-refractivity contribution is -0.131. The van der Waals surface area contributed by atoms with Crippen molar-refractivity contribution in [1.29, 1.82) is 0 Å². The van der Waals surface area contributed by atoms with E-state index in [1.807, 2.05) is 6.20 Å². The Morgan fingerprint density at radius 1 is 1.25 bits per heavy atom. The van der Waals surface area contributed by atoms with Crippen molar-refractivity contribution in [2.45, 2.75) is 43.9 Å². The zero-order chi connectivity index (χ0) is 13.7. The summed E-state index contributed by atoms with van der Waals surface area (Å²) in [4.78, 5) is 14.8. The lowest BCUT2D eigenvalue weighted by Crippen LogP contribution is -2.48. The van der Waals surface area contributed by atoms with Gasteiger partial charge < -0.3 is 9.52 Å². The van der Waals surface area contributed by atoms with Crippen molar-refractivity contribution in [3.63, 3.8) is 0 Å². The van der Waals surface area contributed by atoms with Crippen molar-refractivity contribution in [3.8, 4) is 0 Å². The highest BCUT2D eigenvalue weighted by Crippen LogP contribution is 2.60. The van der Waals surface area contributed by atoms with Gasteiger partial charge in [0, 0.05) is 17.6 Å². The second-order valence-electron chi connectivity index (χ2n) is 6.93. The molecule has 4 aliphatic carbocycles. The number of oxazole rings is 1. The molecule has 4 aliphatic rings. The number of carboxylic acid groups (broad SMARTS) is 1. The summed E-state index contributed by atoms with van der Waals surface area (Å²) in [6.45, 7) is 0. The zero-order valence-electron chi connectivity index (χ0n) is 11.4. The molecule has 1 heterocycles. The molecule has 0 radical (unpaired) electrons. The second-order valence-corrected chi connectivity index (χ2v) is 6.93. The van der Waals surface area contributed by atoms with Crippen molar-refractivity contribution in [3.05, 3.63) is 23.9 Å². The number of carbonyl (C=O) groups is 1. The fourth-order valence-electron chi connectivity index (χ4n) is 5.16. The van der Waals surface area contributed by atoms with Gasteiger partial charge in [0.2, 0.25) is 5.89 Å². The van der Waals surface area contributed by atoms with E-state index < -0.39 is 5.97 Å². The Morgan fingerprint density at radius 3 is 2.40 bits per heavy atom. The van der Waals surface area contributed by atoms with E-state index in [1.54, 1.807) is 0 Å². The summed E-state index contributed by atoms with van der Waals surface area (Å²) in [6, 6.07) is 0. The van der Waals surface area contributed by atoms with Crippen LogP contribution < -0.4 is 0 Å². The van der Waals surface area contributed by atoms with E-state index in [4.69, 9.17) is 9.52 Å². The van der Waals surface area contributed by atoms with Gasteiger partial charge >= 0.3 is 5.97 Å². The van der Waals surface area contributed by atoms with E-state index in [1.165, 1.54) is 44.6 Å². The topological polar surface area (TPSA) is 63.3 Å². The van der Waals surface area contributed by atoms with Gasteiger partial charge in [-0.2, -0.15) is 0 Å². The number of aromatic nitrogens is 1. The van der Waals surface area contributed by atoms with Crippen LogP contribution >= 0.6 is 0 Å². The minimum absolute atomic E-state index is 0.192. The van der Waals surface area contributed by atoms with Gasteiger partial charge in [-0.05, 0) is 56.3 Å². The van der Waals surface area contributed by atoms with Gasteiger partial charge in [0.1, 0.15) is 5.76 Å². The van der Waals surface area contributed by atoms with E-state index in [2.05, 4.69) is 4.98 Å². The number of aliphatic carboxylic acids is 1. The van der Waals surface area contributed by atoms with E-state index in [9.17, 15) is 4.79 Å². The molecule has 1 N–H and O–H groups in total. The summed E-state index contributed by atoms with van der Waals surface area (Å²) in [7, 11) is 0. The second kappa shape index (κ2) is 4.21. The third kappa shape index (κ3) is 1.89. The third-order valence-electron chi connectivity index (χ3n) is 5.45. The first kappa shape index (κ1) is 12.2. The lowest BCUT2D eigenvalue weighted by Gasteiger charge is -2.55. The number of hydrogen-bond acceptors (Lipinski definition) is 3. The van der Waals surface area contributed by atoms with Crippen molar-refractivity contribution < 1.29 is 14.3 Å². The van der Waals surface area contributed by atoms with Crippen LogP contribution in [0.25, 0.3) is 6.08 Å². The van der Waals surface area contributed by atoms with Crippen molar-refractivity contribution in [1.82, 2.24) is 4.98 Å². The minimum Gasteiger partial charge on any atom is -0.478 e. The van der Waals surface area contributed by atoms with Gasteiger partial charge in [0.15, 0.2) is 0 Å². The lowest BCUT2D eigenvalue weighted by atomic mass is 9.49. The Bertz CT molecular complexity index is 537. The van der Waals surface area contributed by atoms with E-state index in [-0.39, 0.29) is 5.41 Å². The Hall–Kier alpha value is -1.58.